The van der Waals surface area contributed by atoms with Gasteiger partial charge in [-0.2, -0.15) is 13.2 Å². The summed E-state index contributed by atoms with van der Waals surface area (Å²) < 4.78 is 39.4. The van der Waals surface area contributed by atoms with Crippen LogP contribution in [-0.2, 0) is 13.2 Å². The van der Waals surface area contributed by atoms with Crippen LogP contribution in [0, 0.1) is 6.92 Å². The van der Waals surface area contributed by atoms with Crippen molar-refractivity contribution in [1.82, 2.24) is 4.57 Å². The molecule has 3 rings (SSSR count). The third-order valence-corrected chi connectivity index (χ3v) is 5.31. The molecule has 0 saturated heterocycles. The number of carbonyl (C=O) groups excluding carboxylic acids is 1. The predicted octanol–water partition coefficient (Wildman–Crippen LogP) is 3.91. The molecule has 0 spiro atoms. The number of pyridine rings is 1. The van der Waals surface area contributed by atoms with Gasteiger partial charge in [0.15, 0.2) is 0 Å². The van der Waals surface area contributed by atoms with Crippen LogP contribution >= 0.6 is 11.3 Å². The monoisotopic (exact) mass is 396 g/mol. The molecule has 0 atom stereocenters. The maximum atomic E-state index is 12.8. The van der Waals surface area contributed by atoms with E-state index in [1.54, 1.807) is 12.3 Å². The summed E-state index contributed by atoms with van der Waals surface area (Å²) in [6, 6.07) is 3.97. The number of carbonyl (C=O) groups is 1. The highest BCUT2D eigenvalue weighted by molar-refractivity contribution is 7.11. The number of alkyl halides is 3. The fourth-order valence-electron chi connectivity index (χ4n) is 2.83. The smallest absolute Gasteiger partial charge is 0.416 e. The Bertz CT molecular complexity index is 1100. The molecule has 27 heavy (non-hydrogen) atoms. The number of hydrogen-bond acceptors (Lipinski definition) is 4. The number of rotatable bonds is 2. The molecular formula is C18H15F3N2O3S. The van der Waals surface area contributed by atoms with Crippen LogP contribution in [0.5, 0.6) is 5.75 Å². The van der Waals surface area contributed by atoms with E-state index in [1.807, 2.05) is 0 Å². The number of benzene rings is 1. The Morgan fingerprint density at radius 3 is 2.37 bits per heavy atom. The standard InChI is InChI=1S/C18H15F3N2O3S/c1-9-13-12(8-27-9)23(3)17(26)14(15(13)24)16(25)22(2)11-6-4-10(5-7-11)18(19,20)21/h4-8,24H,1-3H3. The van der Waals surface area contributed by atoms with Gasteiger partial charge in [0, 0.05) is 30.0 Å². The molecule has 5 nitrogen and oxygen atoms in total. The minimum atomic E-state index is -4.49. The molecule has 1 aromatic carbocycles. The van der Waals surface area contributed by atoms with Gasteiger partial charge in [-0.3, -0.25) is 9.59 Å². The van der Waals surface area contributed by atoms with E-state index in [9.17, 15) is 27.9 Å². The highest BCUT2D eigenvalue weighted by Crippen LogP contribution is 2.34. The van der Waals surface area contributed by atoms with Gasteiger partial charge in [-0.15, -0.1) is 11.3 Å². The van der Waals surface area contributed by atoms with Crippen molar-refractivity contribution in [1.29, 1.82) is 0 Å². The summed E-state index contributed by atoms with van der Waals surface area (Å²) in [4.78, 5) is 27.2. The molecule has 1 N–H and O–H groups in total. The van der Waals surface area contributed by atoms with E-state index < -0.39 is 34.5 Å². The lowest BCUT2D eigenvalue weighted by Gasteiger charge is -2.19. The lowest BCUT2D eigenvalue weighted by molar-refractivity contribution is -0.137. The van der Waals surface area contributed by atoms with Crippen LogP contribution in [-0.4, -0.2) is 22.6 Å². The normalized spacial score (nSPS) is 11.8. The van der Waals surface area contributed by atoms with Gasteiger partial charge in [-0.1, -0.05) is 0 Å². The number of aryl methyl sites for hydroxylation is 2. The molecule has 2 aromatic heterocycles. The molecule has 142 valence electrons. The van der Waals surface area contributed by atoms with Gasteiger partial charge in [0.05, 0.1) is 16.5 Å². The first-order valence-electron chi connectivity index (χ1n) is 7.79. The van der Waals surface area contributed by atoms with Gasteiger partial charge in [0.25, 0.3) is 11.5 Å². The molecule has 0 fully saturated rings. The topological polar surface area (TPSA) is 62.5 Å². The summed E-state index contributed by atoms with van der Waals surface area (Å²) in [5, 5.41) is 12.7. The van der Waals surface area contributed by atoms with Crippen LogP contribution in [0.2, 0.25) is 0 Å². The molecule has 2 heterocycles. The first-order chi connectivity index (χ1) is 12.5. The fourth-order valence-corrected chi connectivity index (χ4v) is 3.72. The highest BCUT2D eigenvalue weighted by atomic mass is 32.1. The number of aromatic hydroxyl groups is 1. The molecule has 0 saturated carbocycles. The third kappa shape index (κ3) is 3.08. The summed E-state index contributed by atoms with van der Waals surface area (Å²) in [5.41, 5.74) is -1.28. The van der Waals surface area contributed by atoms with Crippen LogP contribution in [0.4, 0.5) is 18.9 Å². The van der Waals surface area contributed by atoms with Crippen molar-refractivity contribution in [2.75, 3.05) is 11.9 Å². The van der Waals surface area contributed by atoms with Crippen LogP contribution in [0.1, 0.15) is 20.8 Å². The predicted molar refractivity (Wildman–Crippen MR) is 97.6 cm³/mol. The van der Waals surface area contributed by atoms with Crippen LogP contribution in [0.3, 0.4) is 0 Å². The summed E-state index contributed by atoms with van der Waals surface area (Å²) in [5.74, 6) is -1.23. The van der Waals surface area contributed by atoms with E-state index in [-0.39, 0.29) is 5.69 Å². The third-order valence-electron chi connectivity index (χ3n) is 4.41. The zero-order chi connectivity index (χ0) is 20.1. The van der Waals surface area contributed by atoms with E-state index in [2.05, 4.69) is 0 Å². The van der Waals surface area contributed by atoms with Gasteiger partial charge in [-0.05, 0) is 31.2 Å². The summed E-state index contributed by atoms with van der Waals surface area (Å²) in [6.07, 6.45) is -4.49. The van der Waals surface area contributed by atoms with Crippen molar-refractivity contribution in [3.8, 4) is 5.75 Å². The average Bonchev–Trinajstić information content (AvgIpc) is 3.00. The zero-order valence-electron chi connectivity index (χ0n) is 14.6. The Kier molecular flexibility index (Phi) is 4.51. The summed E-state index contributed by atoms with van der Waals surface area (Å²) in [7, 11) is 2.82. The van der Waals surface area contributed by atoms with Crippen molar-refractivity contribution >= 4 is 33.8 Å². The first kappa shape index (κ1) is 19.0. The van der Waals surface area contributed by atoms with Crippen molar-refractivity contribution in [3.63, 3.8) is 0 Å². The number of amides is 1. The van der Waals surface area contributed by atoms with Gasteiger partial charge >= 0.3 is 6.18 Å². The Morgan fingerprint density at radius 1 is 1.22 bits per heavy atom. The second-order valence-electron chi connectivity index (χ2n) is 6.05. The largest absolute Gasteiger partial charge is 0.506 e. The average molecular weight is 396 g/mol. The molecular weight excluding hydrogens is 381 g/mol. The molecule has 0 aliphatic rings. The minimum Gasteiger partial charge on any atom is -0.506 e. The van der Waals surface area contributed by atoms with E-state index in [4.69, 9.17) is 0 Å². The maximum absolute atomic E-state index is 12.8. The Balaban J connectivity index is 2.08. The number of fused-ring (bicyclic) bond motifs is 1. The highest BCUT2D eigenvalue weighted by Gasteiger charge is 2.31. The van der Waals surface area contributed by atoms with Gasteiger partial charge in [0.1, 0.15) is 11.3 Å². The number of thiophene rings is 1. The Hall–Kier alpha value is -2.81. The molecule has 9 heteroatoms. The molecule has 0 aliphatic heterocycles. The zero-order valence-corrected chi connectivity index (χ0v) is 15.4. The summed E-state index contributed by atoms with van der Waals surface area (Å²) >= 11 is 1.33. The second kappa shape index (κ2) is 6.41. The van der Waals surface area contributed by atoms with E-state index in [0.717, 1.165) is 34.0 Å². The van der Waals surface area contributed by atoms with Gasteiger partial charge < -0.3 is 14.6 Å². The van der Waals surface area contributed by atoms with Gasteiger partial charge in [-0.25, -0.2) is 0 Å². The minimum absolute atomic E-state index is 0.164. The fraction of sp³-hybridized carbons (Fsp3) is 0.222. The molecule has 0 bridgehead atoms. The molecule has 0 radical (unpaired) electrons. The number of anilines is 1. The van der Waals surface area contributed by atoms with Crippen molar-refractivity contribution in [3.05, 3.63) is 56.0 Å². The number of aromatic nitrogens is 1. The van der Waals surface area contributed by atoms with Crippen molar-refractivity contribution < 1.29 is 23.1 Å². The van der Waals surface area contributed by atoms with Crippen LogP contribution in [0.25, 0.3) is 10.9 Å². The maximum Gasteiger partial charge on any atom is 0.416 e. The lowest BCUT2D eigenvalue weighted by Crippen LogP contribution is -2.34. The second-order valence-corrected chi connectivity index (χ2v) is 7.13. The van der Waals surface area contributed by atoms with Crippen LogP contribution in [0.15, 0.2) is 34.4 Å². The number of hydrogen-bond donors (Lipinski definition) is 1. The SMILES string of the molecule is Cc1scc2c1c(O)c(C(=O)N(C)c1ccc(C(F)(F)F)cc1)c(=O)n2C. The number of nitrogens with zero attached hydrogens (tertiary/aromatic N) is 2. The van der Waals surface area contributed by atoms with Crippen molar-refractivity contribution in [2.45, 2.75) is 13.1 Å². The first-order valence-corrected chi connectivity index (χ1v) is 8.67. The van der Waals surface area contributed by atoms with E-state index >= 15 is 0 Å². The molecule has 3 aromatic rings. The molecule has 0 aliphatic carbocycles. The van der Waals surface area contributed by atoms with E-state index in [1.165, 1.54) is 30.0 Å². The molecule has 0 unspecified atom stereocenters. The van der Waals surface area contributed by atoms with Crippen molar-refractivity contribution in [2.24, 2.45) is 7.05 Å². The van der Waals surface area contributed by atoms with Crippen LogP contribution < -0.4 is 10.5 Å². The molecule has 1 amide bonds. The lowest BCUT2D eigenvalue weighted by atomic mass is 10.1. The Morgan fingerprint density at radius 2 is 1.81 bits per heavy atom. The summed E-state index contributed by atoms with van der Waals surface area (Å²) in [6.45, 7) is 1.75. The Labute approximate surface area is 155 Å². The van der Waals surface area contributed by atoms with Gasteiger partial charge in [0.2, 0.25) is 0 Å². The quantitative estimate of drug-likeness (QED) is 0.715. The van der Waals surface area contributed by atoms with E-state index in [0.29, 0.717) is 10.9 Å². The number of halogens is 3.